The number of benzene rings is 1. The molecule has 0 spiro atoms. The lowest BCUT2D eigenvalue weighted by Crippen LogP contribution is -2.57. The van der Waals surface area contributed by atoms with E-state index < -0.39 is 48.4 Å². The summed E-state index contributed by atoms with van der Waals surface area (Å²) in [5.74, 6) is -2.95. The molecule has 0 aliphatic heterocycles. The van der Waals surface area contributed by atoms with Crippen molar-refractivity contribution >= 4 is 36.3 Å². The maximum Gasteiger partial charge on any atom is 0.322 e. The van der Waals surface area contributed by atoms with Gasteiger partial charge < -0.3 is 31.9 Å². The van der Waals surface area contributed by atoms with E-state index in [1.54, 1.807) is 12.1 Å². The second-order valence-electron chi connectivity index (χ2n) is 7.52. The number of nitrogens with two attached hydrogens (primary N) is 1. The van der Waals surface area contributed by atoms with Crippen LogP contribution in [0.25, 0.3) is 0 Å². The zero-order chi connectivity index (χ0) is 23.6. The van der Waals surface area contributed by atoms with Gasteiger partial charge in [0.1, 0.15) is 24.4 Å². The molecule has 3 amide bonds. The zero-order valence-corrected chi connectivity index (χ0v) is 18.4. The molecule has 0 heterocycles. The number of amides is 3. The van der Waals surface area contributed by atoms with E-state index in [9.17, 15) is 24.3 Å². The molecule has 0 aromatic heterocycles. The Labute approximate surface area is 186 Å². The van der Waals surface area contributed by atoms with E-state index in [0.717, 1.165) is 0 Å². The first-order chi connectivity index (χ1) is 14.5. The minimum absolute atomic E-state index is 0.0537. The SMILES string of the molecule is CC(C)CC(N)C(=O)NC(Cc1ccc(O)cc1)C(=O)NC(CS)C(=O)NCC(=O)O. The Bertz CT molecular complexity index is 771. The summed E-state index contributed by atoms with van der Waals surface area (Å²) in [4.78, 5) is 48.1. The van der Waals surface area contributed by atoms with Crippen LogP contribution in [0, 0.1) is 5.92 Å². The molecule has 0 aliphatic carbocycles. The fourth-order valence-corrected chi connectivity index (χ4v) is 2.98. The minimum Gasteiger partial charge on any atom is -0.508 e. The summed E-state index contributed by atoms with van der Waals surface area (Å²) in [6, 6.07) is 3.15. The van der Waals surface area contributed by atoms with Gasteiger partial charge in [0.2, 0.25) is 17.7 Å². The monoisotopic (exact) mass is 454 g/mol. The van der Waals surface area contributed by atoms with Gasteiger partial charge in [-0.2, -0.15) is 12.6 Å². The molecule has 0 saturated heterocycles. The molecule has 0 fully saturated rings. The Balaban J connectivity index is 2.95. The Morgan fingerprint density at radius 1 is 1.00 bits per heavy atom. The zero-order valence-electron chi connectivity index (χ0n) is 17.5. The molecule has 0 aliphatic rings. The Morgan fingerprint density at radius 3 is 2.10 bits per heavy atom. The third-order valence-electron chi connectivity index (χ3n) is 4.30. The molecule has 172 valence electrons. The summed E-state index contributed by atoms with van der Waals surface area (Å²) in [7, 11) is 0. The predicted molar refractivity (Wildman–Crippen MR) is 118 cm³/mol. The van der Waals surface area contributed by atoms with Gasteiger partial charge in [-0.3, -0.25) is 19.2 Å². The largest absolute Gasteiger partial charge is 0.508 e. The highest BCUT2D eigenvalue weighted by atomic mass is 32.1. The van der Waals surface area contributed by atoms with Crippen LogP contribution in [0.15, 0.2) is 24.3 Å². The van der Waals surface area contributed by atoms with Crippen molar-refractivity contribution in [1.82, 2.24) is 16.0 Å². The molecule has 7 N–H and O–H groups in total. The van der Waals surface area contributed by atoms with E-state index in [1.165, 1.54) is 12.1 Å². The molecule has 0 radical (unpaired) electrons. The van der Waals surface area contributed by atoms with Gasteiger partial charge in [-0.1, -0.05) is 26.0 Å². The standard InChI is InChI=1S/C20H30N4O6S/c1-11(2)7-14(21)18(28)23-15(8-12-3-5-13(25)6-4-12)20(30)24-16(10-31)19(29)22-9-17(26)27/h3-6,11,14-16,25,31H,7-10,21H2,1-2H3,(H,22,29)(H,23,28)(H,24,30)(H,26,27). The first-order valence-electron chi connectivity index (χ1n) is 9.78. The number of carboxylic acid groups (broad SMARTS) is 1. The molecule has 0 saturated carbocycles. The van der Waals surface area contributed by atoms with Gasteiger partial charge >= 0.3 is 5.97 Å². The lowest BCUT2D eigenvalue weighted by atomic mass is 10.0. The number of thiol groups is 1. The number of carboxylic acids is 1. The number of aliphatic carboxylic acids is 1. The van der Waals surface area contributed by atoms with Crippen molar-refractivity contribution < 1.29 is 29.4 Å². The molecule has 1 aromatic carbocycles. The topological polar surface area (TPSA) is 171 Å². The molecule has 0 bridgehead atoms. The van der Waals surface area contributed by atoms with Crippen molar-refractivity contribution in [3.05, 3.63) is 29.8 Å². The van der Waals surface area contributed by atoms with Crippen molar-refractivity contribution in [3.63, 3.8) is 0 Å². The summed E-state index contributed by atoms with van der Waals surface area (Å²) in [5.41, 5.74) is 6.58. The quantitative estimate of drug-likeness (QED) is 0.207. The smallest absolute Gasteiger partial charge is 0.322 e. The van der Waals surface area contributed by atoms with Gasteiger partial charge in [0.05, 0.1) is 6.04 Å². The molecule has 1 aromatic rings. The molecule has 31 heavy (non-hydrogen) atoms. The molecule has 11 heteroatoms. The van der Waals surface area contributed by atoms with Gasteiger partial charge in [0, 0.05) is 12.2 Å². The molecular formula is C20H30N4O6S. The van der Waals surface area contributed by atoms with Gasteiger partial charge in [-0.15, -0.1) is 0 Å². The first-order valence-corrected chi connectivity index (χ1v) is 10.4. The highest BCUT2D eigenvalue weighted by molar-refractivity contribution is 7.80. The number of hydrogen-bond donors (Lipinski definition) is 7. The summed E-state index contributed by atoms with van der Waals surface area (Å²) >= 11 is 4.04. The van der Waals surface area contributed by atoms with Crippen molar-refractivity contribution in [1.29, 1.82) is 0 Å². The third kappa shape index (κ3) is 9.71. The molecular weight excluding hydrogens is 424 g/mol. The first kappa shape index (κ1) is 26.2. The van der Waals surface area contributed by atoms with E-state index in [2.05, 4.69) is 28.6 Å². The average Bonchev–Trinajstić information content (AvgIpc) is 2.70. The van der Waals surface area contributed by atoms with Crippen LogP contribution in [0.1, 0.15) is 25.8 Å². The highest BCUT2D eigenvalue weighted by Gasteiger charge is 2.28. The van der Waals surface area contributed by atoms with Crippen molar-refractivity contribution in [2.45, 2.75) is 44.8 Å². The number of nitrogens with one attached hydrogen (secondary N) is 3. The summed E-state index contributed by atoms with van der Waals surface area (Å²) in [5, 5.41) is 25.4. The maximum absolute atomic E-state index is 12.9. The Kier molecular flexibility index (Phi) is 10.8. The maximum atomic E-state index is 12.9. The van der Waals surface area contributed by atoms with Crippen molar-refractivity contribution in [2.24, 2.45) is 11.7 Å². The number of phenolic OH excluding ortho intramolecular Hbond substituents is 1. The number of carbonyl (C=O) groups excluding carboxylic acids is 3. The van der Waals surface area contributed by atoms with Crippen LogP contribution in [0.3, 0.4) is 0 Å². The van der Waals surface area contributed by atoms with E-state index in [0.29, 0.717) is 12.0 Å². The summed E-state index contributed by atoms with van der Waals surface area (Å²) < 4.78 is 0. The average molecular weight is 455 g/mol. The summed E-state index contributed by atoms with van der Waals surface area (Å²) in [6.07, 6.45) is 0.512. The number of phenols is 1. The number of carbonyl (C=O) groups is 4. The Hall–Kier alpha value is -2.79. The molecule has 3 atom stereocenters. The van der Waals surface area contributed by atoms with Gasteiger partial charge in [-0.25, -0.2) is 0 Å². The van der Waals surface area contributed by atoms with Crippen molar-refractivity contribution in [2.75, 3.05) is 12.3 Å². The fraction of sp³-hybridized carbons (Fsp3) is 0.500. The van der Waals surface area contributed by atoms with E-state index in [1.807, 2.05) is 13.8 Å². The number of rotatable bonds is 12. The van der Waals surface area contributed by atoms with Crippen LogP contribution in [-0.2, 0) is 25.6 Å². The van der Waals surface area contributed by atoms with Crippen molar-refractivity contribution in [3.8, 4) is 5.75 Å². The minimum atomic E-state index is -1.23. The van der Waals surface area contributed by atoms with E-state index in [4.69, 9.17) is 10.8 Å². The lowest BCUT2D eigenvalue weighted by molar-refractivity contribution is -0.138. The Morgan fingerprint density at radius 2 is 1.58 bits per heavy atom. The molecule has 1 rings (SSSR count). The summed E-state index contributed by atoms with van der Waals surface area (Å²) in [6.45, 7) is 3.23. The van der Waals surface area contributed by atoms with Crippen LogP contribution >= 0.6 is 12.6 Å². The molecule has 3 unspecified atom stereocenters. The second-order valence-corrected chi connectivity index (χ2v) is 7.89. The van der Waals surface area contributed by atoms with Gasteiger partial charge in [-0.05, 0) is 30.0 Å². The fourth-order valence-electron chi connectivity index (χ4n) is 2.72. The van der Waals surface area contributed by atoms with Crippen LogP contribution in [-0.4, -0.2) is 64.3 Å². The van der Waals surface area contributed by atoms with E-state index in [-0.39, 0.29) is 23.8 Å². The number of aromatic hydroxyl groups is 1. The van der Waals surface area contributed by atoms with Gasteiger partial charge in [0.25, 0.3) is 0 Å². The normalized spacial score (nSPS) is 13.7. The van der Waals surface area contributed by atoms with Crippen LogP contribution in [0.5, 0.6) is 5.75 Å². The number of hydrogen-bond acceptors (Lipinski definition) is 7. The molecule has 10 nitrogen and oxygen atoms in total. The van der Waals surface area contributed by atoms with E-state index >= 15 is 0 Å². The van der Waals surface area contributed by atoms with Crippen LogP contribution < -0.4 is 21.7 Å². The predicted octanol–water partition coefficient (Wildman–Crippen LogP) is -0.592. The van der Waals surface area contributed by atoms with Crippen LogP contribution in [0.4, 0.5) is 0 Å². The lowest BCUT2D eigenvalue weighted by Gasteiger charge is -2.24. The third-order valence-corrected chi connectivity index (χ3v) is 4.67. The second kappa shape index (κ2) is 12.8. The van der Waals surface area contributed by atoms with Gasteiger partial charge in [0.15, 0.2) is 0 Å². The highest BCUT2D eigenvalue weighted by Crippen LogP contribution is 2.12. The van der Waals surface area contributed by atoms with Crippen LogP contribution in [0.2, 0.25) is 0 Å².